The highest BCUT2D eigenvalue weighted by atomic mass is 19.4. The average molecular weight is 528 g/mol. The standard InChI is InChI=1S/C24H19F3N6O5/c25-24(26,27)18-5-2-1-4-17(18)22(35)32-13-3-12-31(23(32)36)20-11-10-19(29-30-20)21(34)28-14-15-6-8-16(9-7-15)33(37)38/h1-2,4-11H,3,12-14H2,(H,28,34). The van der Waals surface area contributed by atoms with E-state index in [0.717, 1.165) is 28.0 Å². The summed E-state index contributed by atoms with van der Waals surface area (Å²) < 4.78 is 40.1. The summed E-state index contributed by atoms with van der Waals surface area (Å²) in [5.74, 6) is -1.65. The van der Waals surface area contributed by atoms with Crippen LogP contribution >= 0.6 is 0 Å². The number of alkyl halides is 3. The Hall–Kier alpha value is -4.88. The van der Waals surface area contributed by atoms with Gasteiger partial charge in [0.05, 0.1) is 16.1 Å². The quantitative estimate of drug-likeness (QED) is 0.379. The maximum atomic E-state index is 13.4. The number of aromatic nitrogens is 2. The molecule has 4 amide bonds. The molecule has 2 heterocycles. The number of hydrogen-bond acceptors (Lipinski definition) is 7. The summed E-state index contributed by atoms with van der Waals surface area (Å²) in [5.41, 5.74) is -1.32. The van der Waals surface area contributed by atoms with E-state index < -0.39 is 40.1 Å². The van der Waals surface area contributed by atoms with Gasteiger partial charge in [-0.25, -0.2) is 4.79 Å². The third-order valence-electron chi connectivity index (χ3n) is 5.69. The van der Waals surface area contributed by atoms with Gasteiger partial charge in [-0.3, -0.25) is 29.5 Å². The van der Waals surface area contributed by atoms with Crippen molar-refractivity contribution in [1.29, 1.82) is 0 Å². The largest absolute Gasteiger partial charge is 0.417 e. The van der Waals surface area contributed by atoms with Gasteiger partial charge < -0.3 is 5.32 Å². The third-order valence-corrected chi connectivity index (χ3v) is 5.69. The maximum Gasteiger partial charge on any atom is 0.417 e. The minimum Gasteiger partial charge on any atom is -0.347 e. The van der Waals surface area contributed by atoms with Crippen LogP contribution in [0.3, 0.4) is 0 Å². The first kappa shape index (κ1) is 26.2. The van der Waals surface area contributed by atoms with Crippen LogP contribution in [-0.2, 0) is 12.7 Å². The topological polar surface area (TPSA) is 139 Å². The van der Waals surface area contributed by atoms with Gasteiger partial charge in [0.1, 0.15) is 0 Å². The normalized spacial score (nSPS) is 13.8. The third kappa shape index (κ3) is 5.58. The molecule has 1 saturated heterocycles. The van der Waals surface area contributed by atoms with E-state index >= 15 is 0 Å². The molecule has 0 radical (unpaired) electrons. The number of carbonyl (C=O) groups is 3. The second-order valence-electron chi connectivity index (χ2n) is 8.17. The number of nitro benzene ring substituents is 1. The Morgan fingerprint density at radius 3 is 2.34 bits per heavy atom. The lowest BCUT2D eigenvalue weighted by atomic mass is 10.1. The van der Waals surface area contributed by atoms with Crippen LogP contribution < -0.4 is 10.2 Å². The van der Waals surface area contributed by atoms with Crippen molar-refractivity contribution in [2.45, 2.75) is 19.1 Å². The Kier molecular flexibility index (Phi) is 7.32. The fourth-order valence-electron chi connectivity index (χ4n) is 3.79. The van der Waals surface area contributed by atoms with Crippen molar-refractivity contribution in [3.8, 4) is 0 Å². The zero-order valence-electron chi connectivity index (χ0n) is 19.5. The van der Waals surface area contributed by atoms with E-state index in [9.17, 15) is 37.7 Å². The van der Waals surface area contributed by atoms with Gasteiger partial charge in [-0.15, -0.1) is 10.2 Å². The number of non-ortho nitro benzene ring substituents is 1. The average Bonchev–Trinajstić information content (AvgIpc) is 2.91. The van der Waals surface area contributed by atoms with Gasteiger partial charge in [-0.05, 0) is 36.2 Å². The number of imide groups is 1. The van der Waals surface area contributed by atoms with Crippen LogP contribution in [0.4, 0.5) is 29.5 Å². The number of halogens is 3. The molecule has 11 nitrogen and oxygen atoms in total. The minimum absolute atomic E-state index is 0.0172. The number of nitro groups is 1. The second-order valence-corrected chi connectivity index (χ2v) is 8.17. The van der Waals surface area contributed by atoms with Gasteiger partial charge in [0.15, 0.2) is 11.5 Å². The summed E-state index contributed by atoms with van der Waals surface area (Å²) in [6, 6.07) is 11.6. The van der Waals surface area contributed by atoms with Crippen molar-refractivity contribution < 1.29 is 32.5 Å². The fraction of sp³-hybridized carbons (Fsp3) is 0.208. The molecule has 0 atom stereocenters. The van der Waals surface area contributed by atoms with Crippen LogP contribution in [-0.4, -0.2) is 51.0 Å². The van der Waals surface area contributed by atoms with Gasteiger partial charge in [-0.1, -0.05) is 24.3 Å². The lowest BCUT2D eigenvalue weighted by Gasteiger charge is -2.33. The molecule has 1 aliphatic rings. The molecule has 3 aromatic rings. The van der Waals surface area contributed by atoms with Crippen LogP contribution in [0.5, 0.6) is 0 Å². The number of anilines is 1. The second kappa shape index (κ2) is 10.6. The maximum absolute atomic E-state index is 13.4. The molecule has 0 bridgehead atoms. The molecule has 4 rings (SSSR count). The first-order chi connectivity index (χ1) is 18.1. The Labute approximate surface area is 213 Å². The molecular formula is C24H19F3N6O5. The zero-order chi connectivity index (χ0) is 27.4. The number of hydrogen-bond donors (Lipinski definition) is 1. The van der Waals surface area contributed by atoms with Gasteiger partial charge >= 0.3 is 12.2 Å². The minimum atomic E-state index is -4.77. The molecule has 1 aromatic heterocycles. The van der Waals surface area contributed by atoms with Crippen molar-refractivity contribution >= 4 is 29.4 Å². The number of nitrogens with zero attached hydrogens (tertiary/aromatic N) is 5. The summed E-state index contributed by atoms with van der Waals surface area (Å²) >= 11 is 0. The first-order valence-electron chi connectivity index (χ1n) is 11.2. The van der Waals surface area contributed by atoms with Gasteiger partial charge in [0, 0.05) is 31.8 Å². The predicted octanol–water partition coefficient (Wildman–Crippen LogP) is 3.81. The molecule has 196 valence electrons. The van der Waals surface area contributed by atoms with E-state index in [1.165, 1.54) is 42.5 Å². The van der Waals surface area contributed by atoms with Crippen LogP contribution in [0, 0.1) is 10.1 Å². The Bertz CT molecular complexity index is 1380. The Balaban J connectivity index is 1.43. The molecule has 1 aliphatic heterocycles. The van der Waals surface area contributed by atoms with Crippen molar-refractivity contribution in [2.75, 3.05) is 18.0 Å². The number of amides is 4. The summed E-state index contributed by atoms with van der Waals surface area (Å²) in [6.07, 6.45) is -4.49. The lowest BCUT2D eigenvalue weighted by Crippen LogP contribution is -2.52. The Morgan fingerprint density at radius 1 is 1.00 bits per heavy atom. The fourth-order valence-corrected chi connectivity index (χ4v) is 3.79. The number of carbonyl (C=O) groups excluding carboxylic acids is 3. The van der Waals surface area contributed by atoms with Crippen LogP contribution in [0.1, 0.15) is 38.4 Å². The zero-order valence-corrected chi connectivity index (χ0v) is 19.5. The highest BCUT2D eigenvalue weighted by Gasteiger charge is 2.39. The van der Waals surface area contributed by atoms with E-state index in [1.54, 1.807) is 0 Å². The van der Waals surface area contributed by atoms with E-state index in [2.05, 4.69) is 15.5 Å². The van der Waals surface area contributed by atoms with Crippen molar-refractivity contribution in [2.24, 2.45) is 0 Å². The number of rotatable bonds is 6. The molecule has 14 heteroatoms. The van der Waals surface area contributed by atoms with Crippen LogP contribution in [0.25, 0.3) is 0 Å². The molecule has 2 aromatic carbocycles. The van der Waals surface area contributed by atoms with E-state index in [-0.39, 0.29) is 43.3 Å². The van der Waals surface area contributed by atoms with E-state index in [4.69, 9.17) is 0 Å². The van der Waals surface area contributed by atoms with E-state index in [1.807, 2.05) is 0 Å². The van der Waals surface area contributed by atoms with Crippen molar-refractivity contribution in [1.82, 2.24) is 20.4 Å². The predicted molar refractivity (Wildman–Crippen MR) is 126 cm³/mol. The van der Waals surface area contributed by atoms with E-state index in [0.29, 0.717) is 5.56 Å². The number of benzene rings is 2. The molecular weight excluding hydrogens is 509 g/mol. The molecule has 1 fully saturated rings. The monoisotopic (exact) mass is 528 g/mol. The van der Waals surface area contributed by atoms with Gasteiger partial charge in [0.2, 0.25) is 0 Å². The summed E-state index contributed by atoms with van der Waals surface area (Å²) in [5, 5.41) is 21.0. The first-order valence-corrected chi connectivity index (χ1v) is 11.2. The summed E-state index contributed by atoms with van der Waals surface area (Å²) in [4.78, 5) is 50.3. The Morgan fingerprint density at radius 2 is 1.71 bits per heavy atom. The highest BCUT2D eigenvalue weighted by Crippen LogP contribution is 2.33. The molecule has 1 N–H and O–H groups in total. The van der Waals surface area contributed by atoms with Crippen molar-refractivity contribution in [3.05, 3.63) is 93.2 Å². The van der Waals surface area contributed by atoms with Gasteiger partial charge in [-0.2, -0.15) is 13.2 Å². The summed E-state index contributed by atoms with van der Waals surface area (Å²) in [6.45, 7) is 0.141. The molecule has 0 aliphatic carbocycles. The van der Waals surface area contributed by atoms with Crippen molar-refractivity contribution in [3.63, 3.8) is 0 Å². The molecule has 0 unspecified atom stereocenters. The SMILES string of the molecule is O=C(NCc1ccc([N+](=O)[O-])cc1)c1ccc(N2CCCN(C(=O)c3ccccc3C(F)(F)F)C2=O)nn1. The van der Waals surface area contributed by atoms with Gasteiger partial charge in [0.25, 0.3) is 17.5 Å². The van der Waals surface area contributed by atoms with Crippen LogP contribution in [0.15, 0.2) is 60.7 Å². The highest BCUT2D eigenvalue weighted by molar-refractivity contribution is 6.09. The lowest BCUT2D eigenvalue weighted by molar-refractivity contribution is -0.384. The summed E-state index contributed by atoms with van der Waals surface area (Å²) in [7, 11) is 0. The molecule has 38 heavy (non-hydrogen) atoms. The smallest absolute Gasteiger partial charge is 0.347 e. The number of nitrogens with one attached hydrogen (secondary N) is 1. The number of urea groups is 1. The van der Waals surface area contributed by atoms with Crippen LogP contribution in [0.2, 0.25) is 0 Å². The molecule has 0 spiro atoms. The molecule has 0 saturated carbocycles.